The molecule has 0 aliphatic carbocycles. The number of sulfone groups is 1. The van der Waals surface area contributed by atoms with Crippen LogP contribution in [0.4, 0.5) is 4.39 Å². The zero-order valence-electron chi connectivity index (χ0n) is 22.3. The standard InChI is InChI=1S/C25H32FN3O4S.CH5NO/c1-25(2,34(5,31)32)10-11-29-17-27-23-15-19(7-9-21(23)24(29)30)20-8-6-18(14-22(20)26)16-28(3)12-13-33-4;1-2-3/h6-9,14-15,17H,10-13,16H2,1-5H3;2-3H,1H3. The Morgan fingerprint density at radius 3 is 2.49 bits per heavy atom. The summed E-state index contributed by atoms with van der Waals surface area (Å²) in [5.74, 6) is -0.340. The molecule has 204 valence electrons. The Balaban J connectivity index is 0.00000153. The van der Waals surface area contributed by atoms with Crippen molar-refractivity contribution in [2.45, 2.75) is 38.1 Å². The number of hydrogen-bond donors (Lipinski definition) is 2. The van der Waals surface area contributed by atoms with Gasteiger partial charge in [0.2, 0.25) is 0 Å². The van der Waals surface area contributed by atoms with E-state index in [-0.39, 0.29) is 24.3 Å². The fourth-order valence-corrected chi connectivity index (χ4v) is 4.05. The molecule has 0 spiro atoms. The molecule has 11 heteroatoms. The molecule has 0 aliphatic heterocycles. The highest BCUT2D eigenvalue weighted by Crippen LogP contribution is 2.26. The molecule has 0 unspecified atom stereocenters. The second kappa shape index (κ2) is 13.2. The molecule has 0 aliphatic rings. The van der Waals surface area contributed by atoms with Gasteiger partial charge in [-0.15, -0.1) is 0 Å². The molecule has 1 heterocycles. The van der Waals surface area contributed by atoms with Crippen molar-refractivity contribution in [2.75, 3.05) is 40.6 Å². The highest BCUT2D eigenvalue weighted by molar-refractivity contribution is 7.92. The van der Waals surface area contributed by atoms with Crippen molar-refractivity contribution < 1.29 is 22.8 Å². The largest absolute Gasteiger partial charge is 0.383 e. The molecule has 0 bridgehead atoms. The lowest BCUT2D eigenvalue weighted by Gasteiger charge is -2.22. The van der Waals surface area contributed by atoms with Crippen LogP contribution in [0.25, 0.3) is 22.0 Å². The number of ether oxygens (including phenoxy) is 1. The van der Waals surface area contributed by atoms with Crippen molar-refractivity contribution in [3.63, 3.8) is 0 Å². The van der Waals surface area contributed by atoms with Crippen LogP contribution >= 0.6 is 0 Å². The van der Waals surface area contributed by atoms with Gasteiger partial charge in [0.1, 0.15) is 5.82 Å². The third kappa shape index (κ3) is 8.14. The van der Waals surface area contributed by atoms with E-state index in [4.69, 9.17) is 9.94 Å². The molecule has 0 saturated carbocycles. The van der Waals surface area contributed by atoms with Gasteiger partial charge in [-0.1, -0.05) is 18.2 Å². The number of aryl methyl sites for hydroxylation is 1. The second-order valence-electron chi connectivity index (χ2n) is 9.53. The molecule has 3 rings (SSSR count). The van der Waals surface area contributed by atoms with Crippen LogP contribution in [0.15, 0.2) is 47.5 Å². The molecule has 1 aromatic heterocycles. The molecular formula is C26H37FN4O5S. The van der Waals surface area contributed by atoms with Gasteiger partial charge in [-0.05, 0) is 56.6 Å². The molecular weight excluding hydrogens is 499 g/mol. The van der Waals surface area contributed by atoms with E-state index in [1.807, 2.05) is 13.1 Å². The predicted molar refractivity (Wildman–Crippen MR) is 144 cm³/mol. The summed E-state index contributed by atoms with van der Waals surface area (Å²) in [6, 6.07) is 10.2. The molecule has 0 amide bonds. The van der Waals surface area contributed by atoms with Gasteiger partial charge in [0.05, 0.1) is 28.6 Å². The number of benzene rings is 2. The fourth-order valence-electron chi connectivity index (χ4n) is 3.59. The third-order valence-electron chi connectivity index (χ3n) is 6.26. The highest BCUT2D eigenvalue weighted by Gasteiger charge is 2.29. The molecule has 2 N–H and O–H groups in total. The van der Waals surface area contributed by atoms with Crippen LogP contribution < -0.4 is 11.0 Å². The summed E-state index contributed by atoms with van der Waals surface area (Å²) in [7, 11) is 1.77. The third-order valence-corrected chi connectivity index (χ3v) is 8.47. The smallest absolute Gasteiger partial charge is 0.261 e. The molecule has 0 radical (unpaired) electrons. The Morgan fingerprint density at radius 1 is 1.22 bits per heavy atom. The lowest BCUT2D eigenvalue weighted by atomic mass is 10.0. The number of nitrogens with zero attached hydrogens (tertiary/aromatic N) is 3. The van der Waals surface area contributed by atoms with E-state index in [1.54, 1.807) is 50.7 Å². The molecule has 0 saturated heterocycles. The summed E-state index contributed by atoms with van der Waals surface area (Å²) in [6.07, 6.45) is 2.90. The van der Waals surface area contributed by atoms with Gasteiger partial charge < -0.3 is 9.94 Å². The number of halogens is 1. The number of nitrogens with one attached hydrogen (secondary N) is 1. The maximum Gasteiger partial charge on any atom is 0.261 e. The zero-order chi connectivity index (χ0) is 27.8. The zero-order valence-corrected chi connectivity index (χ0v) is 23.1. The first-order valence-electron chi connectivity index (χ1n) is 11.8. The number of hydroxylamine groups is 1. The van der Waals surface area contributed by atoms with Crippen LogP contribution in [0.2, 0.25) is 0 Å². The van der Waals surface area contributed by atoms with Crippen molar-refractivity contribution in [2.24, 2.45) is 0 Å². The Labute approximate surface area is 217 Å². The van der Waals surface area contributed by atoms with E-state index in [0.717, 1.165) is 12.1 Å². The first kappa shape index (κ1) is 30.5. The molecule has 37 heavy (non-hydrogen) atoms. The van der Waals surface area contributed by atoms with Crippen molar-refractivity contribution in [3.8, 4) is 11.1 Å². The molecule has 0 atom stereocenters. The van der Waals surface area contributed by atoms with Crippen molar-refractivity contribution in [1.29, 1.82) is 0 Å². The van der Waals surface area contributed by atoms with Gasteiger partial charge in [0.15, 0.2) is 9.84 Å². The summed E-state index contributed by atoms with van der Waals surface area (Å²) in [4.78, 5) is 19.4. The Kier molecular flexibility index (Phi) is 10.9. The molecule has 9 nitrogen and oxygen atoms in total. The minimum absolute atomic E-state index is 0.235. The lowest BCUT2D eigenvalue weighted by Crippen LogP contribution is -2.33. The Bertz CT molecular complexity index is 1360. The van der Waals surface area contributed by atoms with Gasteiger partial charge in [-0.2, -0.15) is 0 Å². The van der Waals surface area contributed by atoms with E-state index in [2.05, 4.69) is 9.88 Å². The van der Waals surface area contributed by atoms with E-state index in [1.165, 1.54) is 30.3 Å². The average Bonchev–Trinajstić information content (AvgIpc) is 2.82. The monoisotopic (exact) mass is 536 g/mol. The van der Waals surface area contributed by atoms with E-state index < -0.39 is 14.6 Å². The van der Waals surface area contributed by atoms with Crippen LogP contribution in [0.5, 0.6) is 0 Å². The van der Waals surface area contributed by atoms with E-state index >= 15 is 0 Å². The van der Waals surface area contributed by atoms with Gasteiger partial charge in [-0.3, -0.25) is 14.3 Å². The normalized spacial score (nSPS) is 12.0. The lowest BCUT2D eigenvalue weighted by molar-refractivity contribution is 0.158. The first-order chi connectivity index (χ1) is 17.3. The summed E-state index contributed by atoms with van der Waals surface area (Å²) in [5.41, 5.74) is 3.89. The van der Waals surface area contributed by atoms with Gasteiger partial charge in [0.25, 0.3) is 5.56 Å². The average molecular weight is 537 g/mol. The van der Waals surface area contributed by atoms with Gasteiger partial charge >= 0.3 is 0 Å². The number of likely N-dealkylation sites (N-methyl/N-ethyl adjacent to an activating group) is 1. The predicted octanol–water partition coefficient (Wildman–Crippen LogP) is 3.09. The summed E-state index contributed by atoms with van der Waals surface area (Å²) < 4.78 is 44.3. The van der Waals surface area contributed by atoms with Crippen molar-refractivity contribution >= 4 is 20.7 Å². The topological polar surface area (TPSA) is 114 Å². The fraction of sp³-hybridized carbons (Fsp3) is 0.462. The SMILES string of the molecule is CNO.COCCN(C)Cc1ccc(-c2ccc3c(=O)n(CCC(C)(C)S(C)(=O)=O)cnc3c2)c(F)c1. The number of rotatable bonds is 10. The first-order valence-corrected chi connectivity index (χ1v) is 13.7. The van der Waals surface area contributed by atoms with Gasteiger partial charge in [0, 0.05) is 45.6 Å². The van der Waals surface area contributed by atoms with Crippen molar-refractivity contribution in [3.05, 3.63) is 64.5 Å². The number of methoxy groups -OCH3 is 1. The van der Waals surface area contributed by atoms with Gasteiger partial charge in [-0.25, -0.2) is 23.3 Å². The van der Waals surface area contributed by atoms with E-state index in [9.17, 15) is 17.6 Å². The van der Waals surface area contributed by atoms with Crippen LogP contribution in [-0.4, -0.2) is 73.4 Å². The van der Waals surface area contributed by atoms with Crippen LogP contribution in [0.3, 0.4) is 0 Å². The van der Waals surface area contributed by atoms with Crippen LogP contribution in [-0.2, 0) is 27.7 Å². The minimum Gasteiger partial charge on any atom is -0.383 e. The van der Waals surface area contributed by atoms with Crippen LogP contribution in [0.1, 0.15) is 25.8 Å². The number of fused-ring (bicyclic) bond motifs is 1. The van der Waals surface area contributed by atoms with Crippen LogP contribution in [0, 0.1) is 5.82 Å². The summed E-state index contributed by atoms with van der Waals surface area (Å²) in [6.45, 7) is 5.49. The Hall–Kier alpha value is -2.70. The highest BCUT2D eigenvalue weighted by atomic mass is 32.2. The number of hydrogen-bond acceptors (Lipinski definition) is 8. The van der Waals surface area contributed by atoms with E-state index in [0.29, 0.717) is 35.2 Å². The molecule has 3 aromatic rings. The maximum absolute atomic E-state index is 14.9. The second-order valence-corrected chi connectivity index (χ2v) is 12.2. The molecule has 2 aromatic carbocycles. The number of aromatic nitrogens is 2. The summed E-state index contributed by atoms with van der Waals surface area (Å²) in [5, 5.41) is 7.72. The quantitative estimate of drug-likeness (QED) is 0.380. The van der Waals surface area contributed by atoms with Crippen molar-refractivity contribution in [1.82, 2.24) is 19.9 Å². The summed E-state index contributed by atoms with van der Waals surface area (Å²) >= 11 is 0. The Morgan fingerprint density at radius 2 is 1.89 bits per heavy atom. The minimum atomic E-state index is -3.26. The molecule has 0 fully saturated rings. The maximum atomic E-state index is 14.9.